The average molecular weight is 485 g/mol. The standard InChI is InChI=1S/C19H27N5S.HI/c1-13-11-16-7-5-6-8-17(16)24(13)10-9-21-19(20-4)22-12-18-14(2)23-15(3)25-18;/h5-8,13H,9-12H2,1-4H3,(H2,20,21,22);1H. The Hall–Kier alpha value is -1.35. The maximum absolute atomic E-state index is 4.47. The number of thiazole rings is 1. The second-order valence-electron chi connectivity index (χ2n) is 6.47. The number of halogens is 1. The molecule has 0 spiro atoms. The quantitative estimate of drug-likeness (QED) is 0.387. The van der Waals surface area contributed by atoms with E-state index in [0.717, 1.165) is 42.7 Å². The van der Waals surface area contributed by atoms with Crippen LogP contribution in [0.2, 0.25) is 0 Å². The van der Waals surface area contributed by atoms with Gasteiger partial charge in [0.1, 0.15) is 0 Å². The highest BCUT2D eigenvalue weighted by atomic mass is 127. The first kappa shape index (κ1) is 21.0. The smallest absolute Gasteiger partial charge is 0.191 e. The zero-order valence-corrected chi connectivity index (χ0v) is 19.0. The number of aryl methyl sites for hydroxylation is 2. The Balaban J connectivity index is 0.00000243. The normalized spacial score (nSPS) is 16.2. The lowest BCUT2D eigenvalue weighted by atomic mass is 10.1. The van der Waals surface area contributed by atoms with Crippen molar-refractivity contribution in [1.82, 2.24) is 15.6 Å². The Morgan fingerprint density at radius 2 is 2.08 bits per heavy atom. The number of benzene rings is 1. The fourth-order valence-electron chi connectivity index (χ4n) is 3.39. The van der Waals surface area contributed by atoms with E-state index in [1.54, 1.807) is 11.3 Å². The molecule has 0 bridgehead atoms. The third kappa shape index (κ3) is 4.88. The molecular formula is C19H28IN5S. The summed E-state index contributed by atoms with van der Waals surface area (Å²) < 4.78 is 0. The molecule has 1 aromatic heterocycles. The first-order valence-electron chi connectivity index (χ1n) is 8.80. The van der Waals surface area contributed by atoms with Crippen LogP contribution in [0.4, 0.5) is 5.69 Å². The highest BCUT2D eigenvalue weighted by Gasteiger charge is 2.24. The number of anilines is 1. The Kier molecular flexibility index (Phi) is 7.69. The Morgan fingerprint density at radius 1 is 1.31 bits per heavy atom. The first-order chi connectivity index (χ1) is 12.1. The molecule has 0 saturated carbocycles. The SMILES string of the molecule is CN=C(NCCN1c2ccccc2CC1C)NCc1sc(C)nc1C.I. The van der Waals surface area contributed by atoms with E-state index in [1.807, 2.05) is 14.0 Å². The Labute approximate surface area is 177 Å². The van der Waals surface area contributed by atoms with Crippen molar-refractivity contribution in [1.29, 1.82) is 0 Å². The number of fused-ring (bicyclic) bond motifs is 1. The van der Waals surface area contributed by atoms with Gasteiger partial charge in [0.25, 0.3) is 0 Å². The highest BCUT2D eigenvalue weighted by molar-refractivity contribution is 14.0. The molecule has 0 fully saturated rings. The number of rotatable bonds is 5. The summed E-state index contributed by atoms with van der Waals surface area (Å²) in [5, 5.41) is 7.92. The average Bonchev–Trinajstić information content (AvgIpc) is 3.09. The summed E-state index contributed by atoms with van der Waals surface area (Å²) >= 11 is 1.74. The molecule has 3 rings (SSSR count). The molecule has 2 heterocycles. The Bertz CT molecular complexity index is 758. The number of para-hydroxylation sites is 1. The summed E-state index contributed by atoms with van der Waals surface area (Å²) in [4.78, 5) is 12.5. The van der Waals surface area contributed by atoms with Crippen LogP contribution in [0.1, 0.15) is 28.1 Å². The summed E-state index contributed by atoms with van der Waals surface area (Å²) in [7, 11) is 1.81. The number of hydrogen-bond acceptors (Lipinski definition) is 4. The fraction of sp³-hybridized carbons (Fsp3) is 0.474. The second-order valence-corrected chi connectivity index (χ2v) is 7.76. The number of aliphatic imine (C=N–C) groups is 1. The first-order valence-corrected chi connectivity index (χ1v) is 9.62. The molecular weight excluding hydrogens is 457 g/mol. The van der Waals surface area contributed by atoms with Crippen molar-refractivity contribution in [3.8, 4) is 0 Å². The van der Waals surface area contributed by atoms with Gasteiger partial charge in [0.05, 0.1) is 17.2 Å². The summed E-state index contributed by atoms with van der Waals surface area (Å²) in [6.07, 6.45) is 1.13. The van der Waals surface area contributed by atoms with Crippen LogP contribution in [-0.2, 0) is 13.0 Å². The molecule has 26 heavy (non-hydrogen) atoms. The van der Waals surface area contributed by atoms with Crippen molar-refractivity contribution < 1.29 is 0 Å². The molecule has 1 aromatic carbocycles. The van der Waals surface area contributed by atoms with E-state index >= 15 is 0 Å². The molecule has 7 heteroatoms. The lowest BCUT2D eigenvalue weighted by Crippen LogP contribution is -2.42. The van der Waals surface area contributed by atoms with Gasteiger partial charge in [-0.1, -0.05) is 18.2 Å². The minimum atomic E-state index is 0. The minimum Gasteiger partial charge on any atom is -0.367 e. The van der Waals surface area contributed by atoms with Crippen LogP contribution in [-0.4, -0.2) is 37.1 Å². The van der Waals surface area contributed by atoms with Crippen molar-refractivity contribution in [2.24, 2.45) is 4.99 Å². The van der Waals surface area contributed by atoms with E-state index in [2.05, 4.69) is 63.6 Å². The van der Waals surface area contributed by atoms with Crippen LogP contribution in [0.5, 0.6) is 0 Å². The Morgan fingerprint density at radius 3 is 2.77 bits per heavy atom. The second kappa shape index (κ2) is 9.55. The largest absolute Gasteiger partial charge is 0.367 e. The number of nitrogens with zero attached hydrogens (tertiary/aromatic N) is 3. The number of guanidine groups is 1. The van der Waals surface area contributed by atoms with Crippen molar-refractivity contribution >= 4 is 47.0 Å². The van der Waals surface area contributed by atoms with Crippen molar-refractivity contribution in [3.05, 3.63) is 45.4 Å². The molecule has 0 radical (unpaired) electrons. The third-order valence-electron chi connectivity index (χ3n) is 4.63. The minimum absolute atomic E-state index is 0. The van der Waals surface area contributed by atoms with E-state index in [9.17, 15) is 0 Å². The predicted molar refractivity (Wildman–Crippen MR) is 122 cm³/mol. The molecule has 0 amide bonds. The maximum Gasteiger partial charge on any atom is 0.191 e. The third-order valence-corrected chi connectivity index (χ3v) is 5.71. The van der Waals surface area contributed by atoms with Crippen LogP contribution in [0.3, 0.4) is 0 Å². The summed E-state index contributed by atoms with van der Waals surface area (Å²) in [5.41, 5.74) is 3.93. The van der Waals surface area contributed by atoms with Crippen LogP contribution >= 0.6 is 35.3 Å². The number of aromatic nitrogens is 1. The van der Waals surface area contributed by atoms with E-state index in [1.165, 1.54) is 16.1 Å². The van der Waals surface area contributed by atoms with Crippen molar-refractivity contribution in [2.45, 2.75) is 39.8 Å². The van der Waals surface area contributed by atoms with Gasteiger partial charge in [-0.05, 0) is 38.8 Å². The van der Waals surface area contributed by atoms with E-state index < -0.39 is 0 Å². The molecule has 2 N–H and O–H groups in total. The highest BCUT2D eigenvalue weighted by Crippen LogP contribution is 2.31. The molecule has 2 aromatic rings. The summed E-state index contributed by atoms with van der Waals surface area (Å²) in [6, 6.07) is 9.26. The van der Waals surface area contributed by atoms with Gasteiger partial charge in [0, 0.05) is 36.7 Å². The predicted octanol–water partition coefficient (Wildman–Crippen LogP) is 3.49. The van der Waals surface area contributed by atoms with Gasteiger partial charge in [-0.3, -0.25) is 4.99 Å². The van der Waals surface area contributed by atoms with E-state index in [4.69, 9.17) is 0 Å². The maximum atomic E-state index is 4.47. The summed E-state index contributed by atoms with van der Waals surface area (Å²) in [5.74, 6) is 0.839. The lowest BCUT2D eigenvalue weighted by molar-refractivity contribution is 0.656. The lowest BCUT2D eigenvalue weighted by Gasteiger charge is -2.25. The molecule has 0 aliphatic carbocycles. The molecule has 1 aliphatic rings. The monoisotopic (exact) mass is 485 g/mol. The molecule has 0 saturated heterocycles. The van der Waals surface area contributed by atoms with Gasteiger partial charge in [-0.25, -0.2) is 4.98 Å². The van der Waals surface area contributed by atoms with Gasteiger partial charge in [0.15, 0.2) is 5.96 Å². The van der Waals surface area contributed by atoms with Gasteiger partial charge in [-0.15, -0.1) is 35.3 Å². The molecule has 1 aliphatic heterocycles. The number of nitrogens with one attached hydrogen (secondary N) is 2. The van der Waals surface area contributed by atoms with Gasteiger partial charge >= 0.3 is 0 Å². The zero-order valence-electron chi connectivity index (χ0n) is 15.9. The van der Waals surface area contributed by atoms with Gasteiger partial charge < -0.3 is 15.5 Å². The van der Waals surface area contributed by atoms with E-state index in [0.29, 0.717) is 6.04 Å². The fourth-order valence-corrected chi connectivity index (χ4v) is 4.26. The zero-order chi connectivity index (χ0) is 17.8. The molecule has 1 atom stereocenters. The summed E-state index contributed by atoms with van der Waals surface area (Å²) in [6.45, 7) is 8.99. The van der Waals surface area contributed by atoms with Crippen LogP contribution in [0.15, 0.2) is 29.3 Å². The van der Waals surface area contributed by atoms with Crippen molar-refractivity contribution in [2.75, 3.05) is 25.0 Å². The molecule has 142 valence electrons. The topological polar surface area (TPSA) is 52.6 Å². The molecule has 5 nitrogen and oxygen atoms in total. The van der Waals surface area contributed by atoms with Gasteiger partial charge in [0.2, 0.25) is 0 Å². The van der Waals surface area contributed by atoms with Crippen LogP contribution in [0.25, 0.3) is 0 Å². The van der Waals surface area contributed by atoms with Crippen LogP contribution in [0, 0.1) is 13.8 Å². The van der Waals surface area contributed by atoms with Crippen LogP contribution < -0.4 is 15.5 Å². The number of hydrogen-bond donors (Lipinski definition) is 2. The van der Waals surface area contributed by atoms with E-state index in [-0.39, 0.29) is 24.0 Å². The molecule has 1 unspecified atom stereocenters. The van der Waals surface area contributed by atoms with Gasteiger partial charge in [-0.2, -0.15) is 0 Å². The van der Waals surface area contributed by atoms with Crippen molar-refractivity contribution in [3.63, 3.8) is 0 Å².